The van der Waals surface area contributed by atoms with Crippen molar-refractivity contribution in [1.82, 2.24) is 0 Å². The van der Waals surface area contributed by atoms with Crippen LogP contribution in [0.3, 0.4) is 0 Å². The lowest BCUT2D eigenvalue weighted by molar-refractivity contribution is 0.306. The van der Waals surface area contributed by atoms with Crippen LogP contribution in [0.1, 0.15) is 27.2 Å². The molecular formula is C10H19N. The predicted octanol–water partition coefficient (Wildman–Crippen LogP) is 2.49. The SMILES string of the molecule is C=CC(=C)C(N)C(C)(C)CC. The van der Waals surface area contributed by atoms with Gasteiger partial charge in [0.25, 0.3) is 0 Å². The molecule has 0 aromatic carbocycles. The van der Waals surface area contributed by atoms with Gasteiger partial charge >= 0.3 is 0 Å². The Labute approximate surface area is 70.0 Å². The van der Waals surface area contributed by atoms with Crippen LogP contribution in [0.15, 0.2) is 24.8 Å². The smallest absolute Gasteiger partial charge is 0.0340 e. The average molecular weight is 153 g/mol. The van der Waals surface area contributed by atoms with E-state index in [0.717, 1.165) is 12.0 Å². The molecule has 11 heavy (non-hydrogen) atoms. The lowest BCUT2D eigenvalue weighted by atomic mass is 9.79. The van der Waals surface area contributed by atoms with Crippen molar-refractivity contribution < 1.29 is 0 Å². The summed E-state index contributed by atoms with van der Waals surface area (Å²) in [5.74, 6) is 0. The third kappa shape index (κ3) is 2.51. The normalized spacial score (nSPS) is 14.2. The molecule has 0 saturated heterocycles. The van der Waals surface area contributed by atoms with E-state index in [2.05, 4.69) is 33.9 Å². The molecule has 1 nitrogen and oxygen atoms in total. The Kier molecular flexibility index (Phi) is 3.53. The molecule has 0 spiro atoms. The van der Waals surface area contributed by atoms with Gasteiger partial charge in [0.15, 0.2) is 0 Å². The maximum absolute atomic E-state index is 5.95. The van der Waals surface area contributed by atoms with Gasteiger partial charge in [0.05, 0.1) is 0 Å². The summed E-state index contributed by atoms with van der Waals surface area (Å²) in [6, 6.07) is 0.0324. The van der Waals surface area contributed by atoms with Gasteiger partial charge in [0.1, 0.15) is 0 Å². The number of rotatable bonds is 4. The molecule has 1 atom stereocenters. The van der Waals surface area contributed by atoms with Gasteiger partial charge in [-0.15, -0.1) is 0 Å². The Morgan fingerprint density at radius 1 is 1.64 bits per heavy atom. The highest BCUT2D eigenvalue weighted by molar-refractivity contribution is 5.20. The predicted molar refractivity (Wildman–Crippen MR) is 51.4 cm³/mol. The minimum Gasteiger partial charge on any atom is -0.324 e. The average Bonchev–Trinajstić information content (AvgIpc) is 2.01. The molecule has 0 heterocycles. The first-order chi connectivity index (χ1) is 4.95. The molecule has 0 saturated carbocycles. The topological polar surface area (TPSA) is 26.0 Å². The second kappa shape index (κ2) is 3.72. The fraction of sp³-hybridized carbons (Fsp3) is 0.600. The minimum atomic E-state index is 0.0324. The summed E-state index contributed by atoms with van der Waals surface area (Å²) in [5.41, 5.74) is 7.00. The molecule has 0 aliphatic heterocycles. The summed E-state index contributed by atoms with van der Waals surface area (Å²) < 4.78 is 0. The minimum absolute atomic E-state index is 0.0324. The van der Waals surface area contributed by atoms with Gasteiger partial charge in [0, 0.05) is 6.04 Å². The second-order valence-electron chi connectivity index (χ2n) is 3.60. The van der Waals surface area contributed by atoms with Gasteiger partial charge in [-0.2, -0.15) is 0 Å². The molecule has 2 N–H and O–H groups in total. The standard InChI is InChI=1S/C10H19N/c1-6-8(3)9(11)10(4,5)7-2/h6,9H,1,3,7,11H2,2,4-5H3. The first-order valence-corrected chi connectivity index (χ1v) is 4.02. The fourth-order valence-electron chi connectivity index (χ4n) is 0.849. The van der Waals surface area contributed by atoms with Gasteiger partial charge in [-0.3, -0.25) is 0 Å². The Morgan fingerprint density at radius 3 is 2.36 bits per heavy atom. The summed E-state index contributed by atoms with van der Waals surface area (Å²) in [6.45, 7) is 13.9. The monoisotopic (exact) mass is 153 g/mol. The van der Waals surface area contributed by atoms with E-state index in [0.29, 0.717) is 0 Å². The van der Waals surface area contributed by atoms with E-state index < -0.39 is 0 Å². The quantitative estimate of drug-likeness (QED) is 0.617. The van der Waals surface area contributed by atoms with Crippen molar-refractivity contribution >= 4 is 0 Å². The van der Waals surface area contributed by atoms with Crippen LogP contribution >= 0.6 is 0 Å². The lowest BCUT2D eigenvalue weighted by Crippen LogP contribution is -2.37. The molecule has 1 unspecified atom stereocenters. The van der Waals surface area contributed by atoms with E-state index >= 15 is 0 Å². The molecular weight excluding hydrogens is 134 g/mol. The van der Waals surface area contributed by atoms with Gasteiger partial charge < -0.3 is 5.73 Å². The second-order valence-corrected chi connectivity index (χ2v) is 3.60. The summed E-state index contributed by atoms with van der Waals surface area (Å²) in [6.07, 6.45) is 2.79. The molecule has 1 heteroatoms. The van der Waals surface area contributed by atoms with Crippen molar-refractivity contribution in [2.45, 2.75) is 33.2 Å². The molecule has 0 aliphatic carbocycles. The Bertz CT molecular complexity index is 156. The van der Waals surface area contributed by atoms with Crippen LogP contribution in [0.4, 0.5) is 0 Å². The molecule has 0 fully saturated rings. The van der Waals surface area contributed by atoms with Crippen molar-refractivity contribution in [1.29, 1.82) is 0 Å². The first-order valence-electron chi connectivity index (χ1n) is 4.02. The lowest BCUT2D eigenvalue weighted by Gasteiger charge is -2.30. The summed E-state index contributed by atoms with van der Waals surface area (Å²) in [7, 11) is 0. The molecule has 0 bridgehead atoms. The zero-order valence-corrected chi connectivity index (χ0v) is 7.85. The third-order valence-corrected chi connectivity index (χ3v) is 2.41. The molecule has 0 aliphatic rings. The van der Waals surface area contributed by atoms with Crippen LogP contribution in [-0.2, 0) is 0 Å². The van der Waals surface area contributed by atoms with Crippen LogP contribution < -0.4 is 5.73 Å². The van der Waals surface area contributed by atoms with Crippen LogP contribution in [0, 0.1) is 5.41 Å². The fourth-order valence-corrected chi connectivity index (χ4v) is 0.849. The van der Waals surface area contributed by atoms with E-state index in [1.807, 2.05) is 0 Å². The summed E-state index contributed by atoms with van der Waals surface area (Å²) in [4.78, 5) is 0. The Hall–Kier alpha value is -0.560. The molecule has 0 radical (unpaired) electrons. The van der Waals surface area contributed by atoms with Crippen molar-refractivity contribution in [3.63, 3.8) is 0 Å². The highest BCUT2D eigenvalue weighted by atomic mass is 14.7. The largest absolute Gasteiger partial charge is 0.324 e. The molecule has 0 aromatic rings. The molecule has 0 rings (SSSR count). The molecule has 64 valence electrons. The zero-order chi connectivity index (χ0) is 9.07. The van der Waals surface area contributed by atoms with Crippen LogP contribution in [0.5, 0.6) is 0 Å². The van der Waals surface area contributed by atoms with Crippen molar-refractivity contribution in [3.05, 3.63) is 24.8 Å². The number of hydrogen-bond acceptors (Lipinski definition) is 1. The summed E-state index contributed by atoms with van der Waals surface area (Å²) >= 11 is 0. The van der Waals surface area contributed by atoms with Gasteiger partial charge in [-0.1, -0.05) is 40.0 Å². The summed E-state index contributed by atoms with van der Waals surface area (Å²) in [5, 5.41) is 0. The molecule has 0 amide bonds. The van der Waals surface area contributed by atoms with E-state index in [1.54, 1.807) is 6.08 Å². The highest BCUT2D eigenvalue weighted by Gasteiger charge is 2.24. The van der Waals surface area contributed by atoms with Crippen LogP contribution in [-0.4, -0.2) is 6.04 Å². The highest BCUT2D eigenvalue weighted by Crippen LogP contribution is 2.27. The van der Waals surface area contributed by atoms with E-state index in [-0.39, 0.29) is 11.5 Å². The van der Waals surface area contributed by atoms with Crippen LogP contribution in [0.2, 0.25) is 0 Å². The van der Waals surface area contributed by atoms with Crippen molar-refractivity contribution in [2.75, 3.05) is 0 Å². The Balaban J connectivity index is 4.33. The zero-order valence-electron chi connectivity index (χ0n) is 7.85. The van der Waals surface area contributed by atoms with Gasteiger partial charge in [-0.25, -0.2) is 0 Å². The first kappa shape index (κ1) is 10.4. The van der Waals surface area contributed by atoms with Crippen molar-refractivity contribution in [2.24, 2.45) is 11.1 Å². The maximum atomic E-state index is 5.95. The third-order valence-electron chi connectivity index (χ3n) is 2.41. The molecule has 0 aromatic heterocycles. The van der Waals surface area contributed by atoms with Gasteiger partial charge in [-0.05, 0) is 17.4 Å². The van der Waals surface area contributed by atoms with Crippen LogP contribution in [0.25, 0.3) is 0 Å². The maximum Gasteiger partial charge on any atom is 0.0340 e. The number of hydrogen-bond donors (Lipinski definition) is 1. The van der Waals surface area contributed by atoms with Gasteiger partial charge in [0.2, 0.25) is 0 Å². The van der Waals surface area contributed by atoms with Crippen molar-refractivity contribution in [3.8, 4) is 0 Å². The number of nitrogens with two attached hydrogens (primary N) is 1. The van der Waals surface area contributed by atoms with E-state index in [4.69, 9.17) is 5.73 Å². The van der Waals surface area contributed by atoms with E-state index in [1.165, 1.54) is 0 Å². The Morgan fingerprint density at radius 2 is 2.09 bits per heavy atom. The van der Waals surface area contributed by atoms with E-state index in [9.17, 15) is 0 Å².